The van der Waals surface area contributed by atoms with Crippen LogP contribution < -0.4 is 9.47 Å². The van der Waals surface area contributed by atoms with Crippen LogP contribution in [-0.4, -0.2) is 32.7 Å². The van der Waals surface area contributed by atoms with Crippen molar-refractivity contribution in [2.45, 2.75) is 6.10 Å². The van der Waals surface area contributed by atoms with E-state index in [4.69, 9.17) is 14.2 Å². The van der Waals surface area contributed by atoms with Crippen LogP contribution in [0, 0.1) is 0 Å². The number of carbonyl (C=O) groups is 1. The molecule has 0 amide bonds. The van der Waals surface area contributed by atoms with Gasteiger partial charge in [-0.05, 0) is 18.2 Å². The largest absolute Gasteiger partial charge is 0.497 e. The zero-order valence-corrected chi connectivity index (χ0v) is 8.65. The van der Waals surface area contributed by atoms with E-state index in [0.29, 0.717) is 17.1 Å². The Balaban J connectivity index is 2.40. The molecule has 80 valence electrons. The van der Waals surface area contributed by atoms with Crippen molar-refractivity contribution in [3.63, 3.8) is 0 Å². The highest BCUT2D eigenvalue weighted by Gasteiger charge is 2.28. The van der Waals surface area contributed by atoms with Crippen LogP contribution in [0.1, 0.15) is 10.4 Å². The summed E-state index contributed by atoms with van der Waals surface area (Å²) in [5.41, 5.74) is 0.521. The molecular weight excluding hydrogens is 196 g/mol. The lowest BCUT2D eigenvalue weighted by Crippen LogP contribution is -2.34. The lowest BCUT2D eigenvalue weighted by Gasteiger charge is -2.23. The third kappa shape index (κ3) is 1.68. The first-order valence-electron chi connectivity index (χ1n) is 4.64. The molecule has 0 N–H and O–H groups in total. The SMILES string of the molecule is COc1ccc2c(c1)C(=O)C(OC)CO2. The average Bonchev–Trinajstić information content (AvgIpc) is 2.29. The standard InChI is InChI=1S/C11H12O4/c1-13-7-3-4-9-8(5-7)11(12)10(14-2)6-15-9/h3-5,10H,6H2,1-2H3. The lowest BCUT2D eigenvalue weighted by molar-refractivity contribution is 0.0367. The highest BCUT2D eigenvalue weighted by Crippen LogP contribution is 2.29. The van der Waals surface area contributed by atoms with Gasteiger partial charge in [0.15, 0.2) is 11.9 Å². The number of hydrogen-bond donors (Lipinski definition) is 0. The van der Waals surface area contributed by atoms with Gasteiger partial charge in [-0.3, -0.25) is 4.79 Å². The Morgan fingerprint density at radius 1 is 1.40 bits per heavy atom. The van der Waals surface area contributed by atoms with E-state index in [9.17, 15) is 4.79 Å². The van der Waals surface area contributed by atoms with Gasteiger partial charge < -0.3 is 14.2 Å². The molecule has 0 saturated carbocycles. The number of ether oxygens (including phenoxy) is 3. The van der Waals surface area contributed by atoms with Gasteiger partial charge in [0.1, 0.15) is 18.1 Å². The fourth-order valence-corrected chi connectivity index (χ4v) is 1.54. The maximum Gasteiger partial charge on any atom is 0.198 e. The lowest BCUT2D eigenvalue weighted by atomic mass is 10.0. The van der Waals surface area contributed by atoms with Gasteiger partial charge in [0.05, 0.1) is 12.7 Å². The molecule has 1 unspecified atom stereocenters. The average molecular weight is 208 g/mol. The van der Waals surface area contributed by atoms with Crippen LogP contribution in [0.2, 0.25) is 0 Å². The van der Waals surface area contributed by atoms with Gasteiger partial charge in [-0.1, -0.05) is 0 Å². The quantitative estimate of drug-likeness (QED) is 0.734. The molecular formula is C11H12O4. The third-order valence-corrected chi connectivity index (χ3v) is 2.42. The van der Waals surface area contributed by atoms with Crippen LogP contribution in [0.4, 0.5) is 0 Å². The number of methoxy groups -OCH3 is 2. The Morgan fingerprint density at radius 3 is 2.87 bits per heavy atom. The van der Waals surface area contributed by atoms with Gasteiger partial charge in [-0.15, -0.1) is 0 Å². The first-order valence-corrected chi connectivity index (χ1v) is 4.64. The minimum atomic E-state index is -0.510. The molecule has 0 fully saturated rings. The van der Waals surface area contributed by atoms with E-state index < -0.39 is 6.10 Å². The Bertz CT molecular complexity index is 386. The Morgan fingerprint density at radius 2 is 2.20 bits per heavy atom. The van der Waals surface area contributed by atoms with Crippen molar-refractivity contribution in [2.24, 2.45) is 0 Å². The van der Waals surface area contributed by atoms with Crippen molar-refractivity contribution in [3.8, 4) is 11.5 Å². The fourth-order valence-electron chi connectivity index (χ4n) is 1.54. The summed E-state index contributed by atoms with van der Waals surface area (Å²) < 4.78 is 15.5. The van der Waals surface area contributed by atoms with E-state index >= 15 is 0 Å². The molecule has 0 spiro atoms. The van der Waals surface area contributed by atoms with E-state index in [1.165, 1.54) is 7.11 Å². The molecule has 0 aliphatic carbocycles. The first-order chi connectivity index (χ1) is 7.26. The maximum atomic E-state index is 11.9. The summed E-state index contributed by atoms with van der Waals surface area (Å²) in [6, 6.07) is 5.17. The summed E-state index contributed by atoms with van der Waals surface area (Å²) in [7, 11) is 3.06. The van der Waals surface area contributed by atoms with Gasteiger partial charge in [0.25, 0.3) is 0 Å². The molecule has 0 bridgehead atoms. The van der Waals surface area contributed by atoms with Crippen molar-refractivity contribution in [3.05, 3.63) is 23.8 Å². The number of benzene rings is 1. The van der Waals surface area contributed by atoms with Gasteiger partial charge in [-0.25, -0.2) is 0 Å². The second-order valence-corrected chi connectivity index (χ2v) is 3.26. The molecule has 15 heavy (non-hydrogen) atoms. The van der Waals surface area contributed by atoms with Crippen molar-refractivity contribution in [1.82, 2.24) is 0 Å². The van der Waals surface area contributed by atoms with E-state index in [2.05, 4.69) is 0 Å². The molecule has 0 saturated heterocycles. The summed E-state index contributed by atoms with van der Waals surface area (Å²) in [6.45, 7) is 0.272. The molecule has 1 heterocycles. The topological polar surface area (TPSA) is 44.8 Å². The summed E-state index contributed by atoms with van der Waals surface area (Å²) in [5.74, 6) is 1.18. The number of hydrogen-bond acceptors (Lipinski definition) is 4. The summed E-state index contributed by atoms with van der Waals surface area (Å²) >= 11 is 0. The highest BCUT2D eigenvalue weighted by molar-refractivity contribution is 6.03. The Kier molecular flexibility index (Phi) is 2.60. The molecule has 1 aliphatic heterocycles. The monoisotopic (exact) mass is 208 g/mol. The van der Waals surface area contributed by atoms with Gasteiger partial charge >= 0.3 is 0 Å². The number of carbonyl (C=O) groups excluding carboxylic acids is 1. The van der Waals surface area contributed by atoms with Crippen LogP contribution in [0.5, 0.6) is 11.5 Å². The van der Waals surface area contributed by atoms with Crippen LogP contribution in [-0.2, 0) is 4.74 Å². The van der Waals surface area contributed by atoms with Crippen molar-refractivity contribution >= 4 is 5.78 Å². The minimum Gasteiger partial charge on any atom is -0.497 e. The van der Waals surface area contributed by atoms with Crippen molar-refractivity contribution in [2.75, 3.05) is 20.8 Å². The summed E-state index contributed by atoms with van der Waals surface area (Å²) in [5, 5.41) is 0. The summed E-state index contributed by atoms with van der Waals surface area (Å²) in [6.07, 6.45) is -0.510. The number of ketones is 1. The zero-order chi connectivity index (χ0) is 10.8. The summed E-state index contributed by atoms with van der Waals surface area (Å²) in [4.78, 5) is 11.9. The normalized spacial score (nSPS) is 19.3. The van der Waals surface area contributed by atoms with E-state index in [-0.39, 0.29) is 12.4 Å². The van der Waals surface area contributed by atoms with Crippen LogP contribution in [0.25, 0.3) is 0 Å². The highest BCUT2D eigenvalue weighted by atomic mass is 16.5. The van der Waals surface area contributed by atoms with Crippen LogP contribution in [0.15, 0.2) is 18.2 Å². The Hall–Kier alpha value is -1.55. The van der Waals surface area contributed by atoms with Gasteiger partial charge in [0, 0.05) is 7.11 Å². The molecule has 4 heteroatoms. The maximum absolute atomic E-state index is 11.9. The minimum absolute atomic E-state index is 0.0577. The second kappa shape index (κ2) is 3.90. The molecule has 1 atom stereocenters. The molecule has 0 radical (unpaired) electrons. The smallest absolute Gasteiger partial charge is 0.198 e. The molecule has 1 aliphatic rings. The van der Waals surface area contributed by atoms with E-state index in [0.717, 1.165) is 0 Å². The molecule has 1 aromatic carbocycles. The van der Waals surface area contributed by atoms with Gasteiger partial charge in [0.2, 0.25) is 0 Å². The zero-order valence-electron chi connectivity index (χ0n) is 8.65. The van der Waals surface area contributed by atoms with Crippen molar-refractivity contribution in [1.29, 1.82) is 0 Å². The number of rotatable bonds is 2. The second-order valence-electron chi connectivity index (χ2n) is 3.26. The Labute approximate surface area is 87.8 Å². The van der Waals surface area contributed by atoms with Crippen LogP contribution in [0.3, 0.4) is 0 Å². The molecule has 1 aromatic rings. The molecule has 2 rings (SSSR count). The predicted molar refractivity (Wildman–Crippen MR) is 53.6 cm³/mol. The van der Waals surface area contributed by atoms with Gasteiger partial charge in [-0.2, -0.15) is 0 Å². The predicted octanol–water partition coefficient (Wildman–Crippen LogP) is 1.29. The third-order valence-electron chi connectivity index (χ3n) is 2.42. The van der Waals surface area contributed by atoms with E-state index in [1.54, 1.807) is 25.3 Å². The fraction of sp³-hybridized carbons (Fsp3) is 0.364. The molecule has 0 aromatic heterocycles. The van der Waals surface area contributed by atoms with Crippen LogP contribution >= 0.6 is 0 Å². The number of Topliss-reactive ketones (excluding diaryl/α,β-unsaturated/α-hetero) is 1. The first kappa shape index (κ1) is 9.98. The van der Waals surface area contributed by atoms with Crippen molar-refractivity contribution < 1.29 is 19.0 Å². The number of fused-ring (bicyclic) bond motifs is 1. The van der Waals surface area contributed by atoms with E-state index in [1.807, 2.05) is 0 Å². The molecule has 4 nitrogen and oxygen atoms in total.